The van der Waals surface area contributed by atoms with E-state index in [-0.39, 0.29) is 23.6 Å². The van der Waals surface area contributed by atoms with E-state index in [0.29, 0.717) is 69.0 Å². The molecule has 0 unspecified atom stereocenters. The van der Waals surface area contributed by atoms with Crippen molar-refractivity contribution in [3.63, 3.8) is 0 Å². The molecular weight excluding hydrogens is 442 g/mol. The minimum absolute atomic E-state index is 0.00924. The van der Waals surface area contributed by atoms with E-state index in [1.165, 1.54) is 0 Å². The van der Waals surface area contributed by atoms with Crippen LogP contribution in [0.25, 0.3) is 10.8 Å². The van der Waals surface area contributed by atoms with Crippen molar-refractivity contribution in [3.8, 4) is 0 Å². The van der Waals surface area contributed by atoms with Gasteiger partial charge in [-0.05, 0) is 47.9 Å². The zero-order valence-electron chi connectivity index (χ0n) is 19.6. The molecule has 5 rings (SSSR count). The van der Waals surface area contributed by atoms with Crippen molar-refractivity contribution in [2.75, 3.05) is 44.7 Å². The van der Waals surface area contributed by atoms with Crippen LogP contribution in [0.15, 0.2) is 66.7 Å². The van der Waals surface area contributed by atoms with Gasteiger partial charge < -0.3 is 19.9 Å². The van der Waals surface area contributed by atoms with Gasteiger partial charge in [0.15, 0.2) is 0 Å². The summed E-state index contributed by atoms with van der Waals surface area (Å²) in [5.74, 6) is -0.289. The van der Waals surface area contributed by atoms with Crippen molar-refractivity contribution in [1.82, 2.24) is 9.80 Å². The van der Waals surface area contributed by atoms with Crippen molar-refractivity contribution < 1.29 is 19.1 Å². The number of anilines is 1. The Morgan fingerprint density at radius 3 is 2.26 bits per heavy atom. The lowest BCUT2D eigenvalue weighted by molar-refractivity contribution is -0.121. The van der Waals surface area contributed by atoms with E-state index in [4.69, 9.17) is 4.74 Å². The van der Waals surface area contributed by atoms with Gasteiger partial charge >= 0.3 is 0 Å². The predicted octanol–water partition coefficient (Wildman–Crippen LogP) is 3.80. The number of carbonyl (C=O) groups is 3. The van der Waals surface area contributed by atoms with Crippen LogP contribution in [0.5, 0.6) is 0 Å². The number of piperidine rings is 1. The molecule has 3 aromatic carbocycles. The lowest BCUT2D eigenvalue weighted by Crippen LogP contribution is -2.41. The van der Waals surface area contributed by atoms with Crippen LogP contribution in [0, 0.1) is 5.92 Å². The van der Waals surface area contributed by atoms with Gasteiger partial charge in [0, 0.05) is 48.9 Å². The monoisotopic (exact) mass is 471 g/mol. The Balaban J connectivity index is 1.19. The lowest BCUT2D eigenvalue weighted by Gasteiger charge is -2.31. The lowest BCUT2D eigenvalue weighted by atomic mass is 9.94. The van der Waals surface area contributed by atoms with E-state index >= 15 is 0 Å². The minimum Gasteiger partial charge on any atom is -0.378 e. The molecule has 7 heteroatoms. The van der Waals surface area contributed by atoms with Crippen molar-refractivity contribution in [2.24, 2.45) is 5.92 Å². The smallest absolute Gasteiger partial charge is 0.254 e. The highest BCUT2D eigenvalue weighted by Crippen LogP contribution is 2.25. The van der Waals surface area contributed by atoms with E-state index in [1.807, 2.05) is 47.4 Å². The average molecular weight is 472 g/mol. The number of rotatable bonds is 4. The van der Waals surface area contributed by atoms with Gasteiger partial charge in [0.05, 0.1) is 13.2 Å². The number of fused-ring (bicyclic) bond motifs is 1. The van der Waals surface area contributed by atoms with E-state index in [0.717, 1.165) is 10.8 Å². The van der Waals surface area contributed by atoms with Crippen molar-refractivity contribution in [3.05, 3.63) is 77.9 Å². The number of benzene rings is 3. The SMILES string of the molecule is O=C(Nc1cccc(C(=O)N2CCOCC2)c1)C1CCN(C(=O)c2cccc3ccccc23)CC1. The summed E-state index contributed by atoms with van der Waals surface area (Å²) < 4.78 is 5.32. The largest absolute Gasteiger partial charge is 0.378 e. The van der Waals surface area contributed by atoms with Gasteiger partial charge in [-0.25, -0.2) is 0 Å². The number of ether oxygens (including phenoxy) is 1. The fraction of sp³-hybridized carbons (Fsp3) is 0.321. The molecule has 0 spiro atoms. The van der Waals surface area contributed by atoms with Crippen LogP contribution in [0.1, 0.15) is 33.6 Å². The predicted molar refractivity (Wildman–Crippen MR) is 134 cm³/mol. The van der Waals surface area contributed by atoms with Crippen LogP contribution >= 0.6 is 0 Å². The maximum absolute atomic E-state index is 13.2. The first-order valence-corrected chi connectivity index (χ1v) is 12.1. The first-order valence-electron chi connectivity index (χ1n) is 12.1. The number of hydrogen-bond donors (Lipinski definition) is 1. The van der Waals surface area contributed by atoms with E-state index < -0.39 is 0 Å². The molecule has 2 aliphatic heterocycles. The maximum atomic E-state index is 13.2. The summed E-state index contributed by atoms with van der Waals surface area (Å²) >= 11 is 0. The average Bonchev–Trinajstić information content (AvgIpc) is 2.92. The maximum Gasteiger partial charge on any atom is 0.254 e. The molecule has 0 aromatic heterocycles. The van der Waals surface area contributed by atoms with Gasteiger partial charge in [-0.1, -0.05) is 42.5 Å². The van der Waals surface area contributed by atoms with Crippen LogP contribution in [-0.4, -0.2) is 66.9 Å². The number of hydrogen-bond acceptors (Lipinski definition) is 4. The normalized spacial score (nSPS) is 16.8. The van der Waals surface area contributed by atoms with Crippen molar-refractivity contribution in [1.29, 1.82) is 0 Å². The zero-order chi connectivity index (χ0) is 24.2. The molecule has 7 nitrogen and oxygen atoms in total. The van der Waals surface area contributed by atoms with E-state index in [2.05, 4.69) is 5.32 Å². The van der Waals surface area contributed by atoms with Gasteiger partial charge in [0.1, 0.15) is 0 Å². The quantitative estimate of drug-likeness (QED) is 0.628. The molecule has 3 amide bonds. The summed E-state index contributed by atoms with van der Waals surface area (Å²) in [7, 11) is 0. The second-order valence-corrected chi connectivity index (χ2v) is 9.07. The molecule has 2 heterocycles. The number of nitrogens with zero attached hydrogens (tertiary/aromatic N) is 2. The van der Waals surface area contributed by atoms with Crippen LogP contribution in [0.3, 0.4) is 0 Å². The molecule has 2 saturated heterocycles. The van der Waals surface area contributed by atoms with Crippen LogP contribution in [0.2, 0.25) is 0 Å². The Hall–Kier alpha value is -3.71. The molecule has 0 radical (unpaired) electrons. The standard InChI is InChI=1S/C28H29N3O4/c32-26(29-23-8-3-7-22(19-23)27(33)31-15-17-35-18-16-31)21-11-13-30(14-12-21)28(34)25-10-4-6-20-5-1-2-9-24(20)25/h1-10,19,21H,11-18H2,(H,29,32). The van der Waals surface area contributed by atoms with Gasteiger partial charge in [0.2, 0.25) is 5.91 Å². The fourth-order valence-corrected chi connectivity index (χ4v) is 4.85. The van der Waals surface area contributed by atoms with E-state index in [1.54, 1.807) is 29.2 Å². The van der Waals surface area contributed by atoms with Crippen LogP contribution in [0.4, 0.5) is 5.69 Å². The number of carbonyl (C=O) groups excluding carboxylic acids is 3. The van der Waals surface area contributed by atoms with Gasteiger partial charge in [-0.2, -0.15) is 0 Å². The molecule has 1 N–H and O–H groups in total. The van der Waals surface area contributed by atoms with Gasteiger partial charge in [0.25, 0.3) is 11.8 Å². The third-order valence-corrected chi connectivity index (χ3v) is 6.85. The summed E-state index contributed by atoms with van der Waals surface area (Å²) in [5, 5.41) is 4.97. The highest BCUT2D eigenvalue weighted by Gasteiger charge is 2.28. The highest BCUT2D eigenvalue weighted by molar-refractivity contribution is 6.07. The topological polar surface area (TPSA) is 79.0 Å². The molecule has 0 aliphatic carbocycles. The summed E-state index contributed by atoms with van der Waals surface area (Å²) in [6.07, 6.45) is 1.21. The third kappa shape index (κ3) is 5.05. The Bertz CT molecular complexity index is 1240. The number of amides is 3. The van der Waals surface area contributed by atoms with Crippen molar-refractivity contribution >= 4 is 34.2 Å². The molecule has 0 atom stereocenters. The summed E-state index contributed by atoms with van der Waals surface area (Å²) in [6.45, 7) is 3.32. The molecule has 2 aliphatic rings. The molecule has 2 fully saturated rings. The Kier molecular flexibility index (Phi) is 6.77. The van der Waals surface area contributed by atoms with Crippen LogP contribution in [-0.2, 0) is 9.53 Å². The first-order chi connectivity index (χ1) is 17.1. The Morgan fingerprint density at radius 1 is 0.771 bits per heavy atom. The Morgan fingerprint density at radius 2 is 1.46 bits per heavy atom. The summed E-state index contributed by atoms with van der Waals surface area (Å²) in [4.78, 5) is 42.5. The second kappa shape index (κ2) is 10.3. The highest BCUT2D eigenvalue weighted by atomic mass is 16.5. The summed E-state index contributed by atoms with van der Waals surface area (Å²) in [5.41, 5.74) is 1.87. The molecule has 3 aromatic rings. The first kappa shape index (κ1) is 23.1. The van der Waals surface area contributed by atoms with E-state index in [9.17, 15) is 14.4 Å². The van der Waals surface area contributed by atoms with Crippen LogP contribution < -0.4 is 5.32 Å². The molecule has 180 valence electrons. The fourth-order valence-electron chi connectivity index (χ4n) is 4.85. The summed E-state index contributed by atoms with van der Waals surface area (Å²) in [6, 6.07) is 20.8. The van der Waals surface area contributed by atoms with Crippen molar-refractivity contribution in [2.45, 2.75) is 12.8 Å². The number of nitrogens with one attached hydrogen (secondary N) is 1. The zero-order valence-corrected chi connectivity index (χ0v) is 19.6. The molecule has 0 saturated carbocycles. The number of likely N-dealkylation sites (tertiary alicyclic amines) is 1. The Labute approximate surface area is 204 Å². The minimum atomic E-state index is -0.176. The molecule has 35 heavy (non-hydrogen) atoms. The molecular formula is C28H29N3O4. The second-order valence-electron chi connectivity index (χ2n) is 9.07. The third-order valence-electron chi connectivity index (χ3n) is 6.85. The molecule has 0 bridgehead atoms. The van der Waals surface area contributed by atoms with Gasteiger partial charge in [-0.3, -0.25) is 14.4 Å². The van der Waals surface area contributed by atoms with Gasteiger partial charge in [-0.15, -0.1) is 0 Å². The number of morpholine rings is 1.